The molecule has 0 aliphatic rings. The average molecular weight is 356 g/mol. The number of fused-ring (bicyclic) bond motifs is 1. The van der Waals surface area contributed by atoms with Crippen molar-refractivity contribution >= 4 is 56.5 Å². The summed E-state index contributed by atoms with van der Waals surface area (Å²) in [5, 5.41) is 11.7. The molecule has 0 fully saturated rings. The molecule has 6 nitrogen and oxygen atoms in total. The molecule has 2 heterocycles. The molecule has 3 aromatic rings. The monoisotopic (exact) mass is 355 g/mol. The lowest BCUT2D eigenvalue weighted by atomic mass is 10.2. The molecular weight excluding hydrogens is 349 g/mol. The molecule has 22 heavy (non-hydrogen) atoms. The number of amides is 1. The van der Waals surface area contributed by atoms with Crippen molar-refractivity contribution in [2.24, 2.45) is 0 Å². The third-order valence-electron chi connectivity index (χ3n) is 2.72. The summed E-state index contributed by atoms with van der Waals surface area (Å²) >= 11 is 13.1. The van der Waals surface area contributed by atoms with E-state index in [9.17, 15) is 9.59 Å². The summed E-state index contributed by atoms with van der Waals surface area (Å²) in [6.45, 7) is 1.76. The van der Waals surface area contributed by atoms with Gasteiger partial charge in [0.2, 0.25) is 5.13 Å². The highest BCUT2D eigenvalue weighted by atomic mass is 35.5. The molecule has 0 aliphatic heterocycles. The molecule has 1 aromatic carbocycles. The topological polar surface area (TPSA) is 85.1 Å². The lowest BCUT2D eigenvalue weighted by Crippen LogP contribution is -2.15. The maximum absolute atomic E-state index is 12.1. The second kappa shape index (κ2) is 5.68. The predicted octanol–water partition coefficient (Wildman–Crippen LogP) is 3.51. The Morgan fingerprint density at radius 3 is 2.73 bits per heavy atom. The van der Waals surface area contributed by atoms with Crippen molar-refractivity contribution in [2.75, 3.05) is 5.32 Å². The van der Waals surface area contributed by atoms with Crippen molar-refractivity contribution in [3.63, 3.8) is 0 Å². The standard InChI is InChI=1S/C13H7Cl2N3O3S/c1-5-17-18-13(22-5)16-12(20)10-4-9(19)7-2-6(14)3-8(15)11(7)21-10/h2-4H,1H3,(H,16,18,20). The van der Waals surface area contributed by atoms with Crippen LogP contribution < -0.4 is 10.7 Å². The second-order valence-electron chi connectivity index (χ2n) is 4.32. The Balaban J connectivity index is 2.04. The van der Waals surface area contributed by atoms with E-state index < -0.39 is 11.3 Å². The van der Waals surface area contributed by atoms with Gasteiger partial charge in [-0.3, -0.25) is 14.9 Å². The maximum atomic E-state index is 12.1. The van der Waals surface area contributed by atoms with Crippen LogP contribution in [0.2, 0.25) is 10.0 Å². The number of nitrogens with one attached hydrogen (secondary N) is 1. The van der Waals surface area contributed by atoms with E-state index in [4.69, 9.17) is 27.6 Å². The molecule has 0 saturated heterocycles. The summed E-state index contributed by atoms with van der Waals surface area (Å²) < 4.78 is 5.42. The fourth-order valence-corrected chi connectivity index (χ4v) is 2.92. The molecule has 9 heteroatoms. The number of carbonyl (C=O) groups excluding carboxylic acids is 1. The Morgan fingerprint density at radius 1 is 1.27 bits per heavy atom. The van der Waals surface area contributed by atoms with Gasteiger partial charge in [-0.25, -0.2) is 0 Å². The number of rotatable bonds is 2. The molecule has 0 saturated carbocycles. The van der Waals surface area contributed by atoms with Crippen molar-refractivity contribution in [2.45, 2.75) is 6.92 Å². The van der Waals surface area contributed by atoms with E-state index in [1.54, 1.807) is 6.92 Å². The molecule has 0 unspecified atom stereocenters. The van der Waals surface area contributed by atoms with E-state index in [1.165, 1.54) is 23.5 Å². The predicted molar refractivity (Wildman–Crippen MR) is 85.1 cm³/mol. The van der Waals surface area contributed by atoms with Gasteiger partial charge in [0, 0.05) is 11.1 Å². The smallest absolute Gasteiger partial charge is 0.293 e. The van der Waals surface area contributed by atoms with Crippen LogP contribution in [-0.4, -0.2) is 16.1 Å². The van der Waals surface area contributed by atoms with Crippen molar-refractivity contribution in [3.05, 3.63) is 49.2 Å². The zero-order valence-electron chi connectivity index (χ0n) is 11.0. The van der Waals surface area contributed by atoms with Crippen molar-refractivity contribution in [1.29, 1.82) is 0 Å². The normalized spacial score (nSPS) is 10.9. The first-order valence-electron chi connectivity index (χ1n) is 5.98. The Labute approximate surface area is 137 Å². The molecular formula is C13H7Cl2N3O3S. The van der Waals surface area contributed by atoms with Gasteiger partial charge in [-0.15, -0.1) is 10.2 Å². The van der Waals surface area contributed by atoms with Gasteiger partial charge in [0.15, 0.2) is 16.8 Å². The van der Waals surface area contributed by atoms with Crippen LogP contribution in [0.3, 0.4) is 0 Å². The van der Waals surface area contributed by atoms with Gasteiger partial charge in [0.25, 0.3) is 5.91 Å². The Bertz CT molecular complexity index is 951. The number of carbonyl (C=O) groups is 1. The highest BCUT2D eigenvalue weighted by molar-refractivity contribution is 7.15. The molecule has 3 rings (SSSR count). The fourth-order valence-electron chi connectivity index (χ4n) is 1.80. The van der Waals surface area contributed by atoms with Gasteiger partial charge in [0.1, 0.15) is 5.01 Å². The molecule has 0 atom stereocenters. The highest BCUT2D eigenvalue weighted by Crippen LogP contribution is 2.27. The first-order valence-corrected chi connectivity index (χ1v) is 7.55. The first-order chi connectivity index (χ1) is 10.4. The van der Waals surface area contributed by atoms with Crippen LogP contribution >= 0.6 is 34.5 Å². The van der Waals surface area contributed by atoms with Crippen molar-refractivity contribution in [1.82, 2.24) is 10.2 Å². The van der Waals surface area contributed by atoms with Gasteiger partial charge in [-0.05, 0) is 19.1 Å². The Morgan fingerprint density at radius 2 is 2.05 bits per heavy atom. The lowest BCUT2D eigenvalue weighted by molar-refractivity contribution is 0.0997. The molecule has 112 valence electrons. The van der Waals surface area contributed by atoms with Crippen LogP contribution in [0.1, 0.15) is 15.6 Å². The van der Waals surface area contributed by atoms with Crippen molar-refractivity contribution in [3.8, 4) is 0 Å². The average Bonchev–Trinajstić information content (AvgIpc) is 2.85. The summed E-state index contributed by atoms with van der Waals surface area (Å²) in [4.78, 5) is 24.2. The van der Waals surface area contributed by atoms with E-state index in [2.05, 4.69) is 15.5 Å². The third-order valence-corrected chi connectivity index (χ3v) is 3.97. The van der Waals surface area contributed by atoms with E-state index in [1.807, 2.05) is 0 Å². The van der Waals surface area contributed by atoms with Gasteiger partial charge >= 0.3 is 0 Å². The quantitative estimate of drug-likeness (QED) is 0.760. The van der Waals surface area contributed by atoms with Crippen LogP contribution in [0.25, 0.3) is 11.0 Å². The summed E-state index contributed by atoms with van der Waals surface area (Å²) in [6.07, 6.45) is 0. The lowest BCUT2D eigenvalue weighted by Gasteiger charge is -2.04. The third kappa shape index (κ3) is 2.83. The van der Waals surface area contributed by atoms with E-state index in [0.29, 0.717) is 15.2 Å². The number of aromatic nitrogens is 2. The van der Waals surface area contributed by atoms with Gasteiger partial charge in [-0.2, -0.15) is 0 Å². The second-order valence-corrected chi connectivity index (χ2v) is 6.34. The summed E-state index contributed by atoms with van der Waals surface area (Å²) in [7, 11) is 0. The summed E-state index contributed by atoms with van der Waals surface area (Å²) in [5.41, 5.74) is -0.304. The Kier molecular flexibility index (Phi) is 3.86. The minimum Gasteiger partial charge on any atom is -0.449 e. The molecule has 1 N–H and O–H groups in total. The van der Waals surface area contributed by atoms with Crippen molar-refractivity contribution < 1.29 is 9.21 Å². The zero-order chi connectivity index (χ0) is 15.9. The number of benzene rings is 1. The van der Waals surface area contributed by atoms with Crippen LogP contribution in [0.5, 0.6) is 0 Å². The molecule has 0 spiro atoms. The Hall–Kier alpha value is -1.96. The van der Waals surface area contributed by atoms with Gasteiger partial charge in [0.05, 0.1) is 10.4 Å². The SMILES string of the molecule is Cc1nnc(NC(=O)c2cc(=O)c3cc(Cl)cc(Cl)c3o2)s1. The van der Waals surface area contributed by atoms with E-state index in [-0.39, 0.29) is 21.8 Å². The maximum Gasteiger partial charge on any atom is 0.293 e. The first kappa shape index (κ1) is 15.0. The molecule has 2 aromatic heterocycles. The van der Waals surface area contributed by atoms with Crippen LogP contribution in [0.15, 0.2) is 27.4 Å². The van der Waals surface area contributed by atoms with Crippen LogP contribution in [0.4, 0.5) is 5.13 Å². The number of hydrogen-bond acceptors (Lipinski definition) is 6. The molecule has 0 radical (unpaired) electrons. The number of nitrogens with zero attached hydrogens (tertiary/aromatic N) is 2. The number of hydrogen-bond donors (Lipinski definition) is 1. The largest absolute Gasteiger partial charge is 0.449 e. The summed E-state index contributed by atoms with van der Waals surface area (Å²) in [5.74, 6) is -0.782. The molecule has 0 aliphatic carbocycles. The zero-order valence-corrected chi connectivity index (χ0v) is 13.3. The number of aryl methyl sites for hydroxylation is 1. The van der Waals surface area contributed by atoms with E-state index >= 15 is 0 Å². The minimum absolute atomic E-state index is 0.108. The minimum atomic E-state index is -0.610. The number of anilines is 1. The van der Waals surface area contributed by atoms with E-state index in [0.717, 1.165) is 6.07 Å². The van der Waals surface area contributed by atoms with Gasteiger partial charge in [-0.1, -0.05) is 34.5 Å². The molecule has 1 amide bonds. The van der Waals surface area contributed by atoms with Gasteiger partial charge < -0.3 is 4.42 Å². The molecule has 0 bridgehead atoms. The van der Waals surface area contributed by atoms with Crippen LogP contribution in [0, 0.1) is 6.92 Å². The fraction of sp³-hybridized carbons (Fsp3) is 0.0769. The number of halogens is 2. The van der Waals surface area contributed by atoms with Crippen LogP contribution in [-0.2, 0) is 0 Å². The summed E-state index contributed by atoms with van der Waals surface area (Å²) in [6, 6.07) is 3.95. The highest BCUT2D eigenvalue weighted by Gasteiger charge is 2.16.